The lowest BCUT2D eigenvalue weighted by Crippen LogP contribution is -2.10. The third-order valence-corrected chi connectivity index (χ3v) is 4.13. The van der Waals surface area contributed by atoms with Crippen molar-refractivity contribution in [3.63, 3.8) is 0 Å². The van der Waals surface area contributed by atoms with Crippen LogP contribution in [0.25, 0.3) is 0 Å². The quantitative estimate of drug-likeness (QED) is 0.810. The summed E-state index contributed by atoms with van der Waals surface area (Å²) in [4.78, 5) is -0.0325. The molecule has 0 aliphatic rings. The molecule has 2 rings (SSSR count). The van der Waals surface area contributed by atoms with Crippen molar-refractivity contribution in [2.45, 2.75) is 11.8 Å². The summed E-state index contributed by atoms with van der Waals surface area (Å²) < 4.78 is 29.2. The molecule has 0 aromatic heterocycles. The van der Waals surface area contributed by atoms with E-state index in [1.807, 2.05) is 6.07 Å². The molecule has 0 atom stereocenters. The maximum atomic E-state index is 12.1. The van der Waals surface area contributed by atoms with Gasteiger partial charge in [0.1, 0.15) is 10.6 Å². The van der Waals surface area contributed by atoms with Crippen LogP contribution in [0.4, 0.5) is 0 Å². The van der Waals surface area contributed by atoms with E-state index >= 15 is 0 Å². The minimum atomic E-state index is -3.90. The molecule has 0 saturated carbocycles. The molecule has 0 radical (unpaired) electrons. The van der Waals surface area contributed by atoms with Crippen molar-refractivity contribution in [1.29, 1.82) is 0 Å². The van der Waals surface area contributed by atoms with E-state index in [0.29, 0.717) is 5.75 Å². The van der Waals surface area contributed by atoms with E-state index in [9.17, 15) is 8.42 Å². The molecule has 0 aliphatic carbocycles. The van der Waals surface area contributed by atoms with Crippen molar-refractivity contribution in [3.8, 4) is 5.75 Å². The number of hydrogen-bond donors (Lipinski definition) is 0. The van der Waals surface area contributed by atoms with Crippen molar-refractivity contribution >= 4 is 21.7 Å². The zero-order valence-corrected chi connectivity index (χ0v) is 11.2. The third kappa shape index (κ3) is 2.66. The maximum absolute atomic E-state index is 12.1. The second-order valence-corrected chi connectivity index (χ2v) is 5.66. The molecule has 0 saturated heterocycles. The van der Waals surface area contributed by atoms with E-state index in [1.165, 1.54) is 12.1 Å². The fourth-order valence-corrected chi connectivity index (χ4v) is 2.94. The van der Waals surface area contributed by atoms with Gasteiger partial charge in [0.2, 0.25) is 0 Å². The minimum Gasteiger partial charge on any atom is -0.379 e. The van der Waals surface area contributed by atoms with E-state index < -0.39 is 10.1 Å². The van der Waals surface area contributed by atoms with Gasteiger partial charge in [0.05, 0.1) is 5.02 Å². The fraction of sp³-hybridized carbons (Fsp3) is 0.0769. The molecule has 3 nitrogen and oxygen atoms in total. The summed E-state index contributed by atoms with van der Waals surface area (Å²) in [5.41, 5.74) is 0.744. The van der Waals surface area contributed by atoms with Crippen molar-refractivity contribution in [3.05, 3.63) is 59.1 Å². The summed E-state index contributed by atoms with van der Waals surface area (Å²) in [6.07, 6.45) is 0. The number of benzene rings is 2. The van der Waals surface area contributed by atoms with Crippen LogP contribution in [0.3, 0.4) is 0 Å². The molecule has 0 fully saturated rings. The standard InChI is InChI=1S/C13H11ClO3S/c1-10-6-2-4-8-12(10)17-18(15,16)13-9-5-3-7-11(13)14/h2-9H,1H3. The monoisotopic (exact) mass is 282 g/mol. The molecule has 0 spiro atoms. The number of halogens is 1. The number of rotatable bonds is 3. The Kier molecular flexibility index (Phi) is 3.59. The SMILES string of the molecule is Cc1ccccc1OS(=O)(=O)c1ccccc1Cl. The molecule has 2 aromatic carbocycles. The van der Waals surface area contributed by atoms with E-state index in [4.69, 9.17) is 15.8 Å². The summed E-state index contributed by atoms with van der Waals surface area (Å²) in [7, 11) is -3.90. The lowest BCUT2D eigenvalue weighted by molar-refractivity contribution is 0.484. The van der Waals surface area contributed by atoms with E-state index in [0.717, 1.165) is 5.56 Å². The van der Waals surface area contributed by atoms with Crippen LogP contribution in [0.2, 0.25) is 5.02 Å². The molecular formula is C13H11ClO3S. The van der Waals surface area contributed by atoms with Crippen LogP contribution in [0.5, 0.6) is 5.75 Å². The van der Waals surface area contributed by atoms with E-state index in [1.54, 1.807) is 37.3 Å². The number of aryl methyl sites for hydroxylation is 1. The van der Waals surface area contributed by atoms with Gasteiger partial charge in [0.25, 0.3) is 0 Å². The highest BCUT2D eigenvalue weighted by Gasteiger charge is 2.20. The van der Waals surface area contributed by atoms with Crippen molar-refractivity contribution in [1.82, 2.24) is 0 Å². The van der Waals surface area contributed by atoms with Crippen LogP contribution in [0, 0.1) is 6.92 Å². The molecule has 2 aromatic rings. The maximum Gasteiger partial charge on any atom is 0.340 e. The van der Waals surface area contributed by atoms with Crippen LogP contribution >= 0.6 is 11.6 Å². The van der Waals surface area contributed by atoms with Crippen LogP contribution in [-0.2, 0) is 10.1 Å². The summed E-state index contributed by atoms with van der Waals surface area (Å²) >= 11 is 5.86. The average molecular weight is 283 g/mol. The van der Waals surface area contributed by atoms with Gasteiger partial charge in [-0.25, -0.2) is 0 Å². The highest BCUT2D eigenvalue weighted by Crippen LogP contribution is 2.26. The Labute approximate surface area is 111 Å². The van der Waals surface area contributed by atoms with Crippen LogP contribution in [0.15, 0.2) is 53.4 Å². The van der Waals surface area contributed by atoms with Crippen LogP contribution < -0.4 is 4.18 Å². The second kappa shape index (κ2) is 5.00. The van der Waals surface area contributed by atoms with Gasteiger partial charge in [-0.1, -0.05) is 41.9 Å². The van der Waals surface area contributed by atoms with Crippen LogP contribution in [-0.4, -0.2) is 8.42 Å². The lowest BCUT2D eigenvalue weighted by Gasteiger charge is -2.09. The van der Waals surface area contributed by atoms with Gasteiger partial charge in [-0.3, -0.25) is 0 Å². The molecule has 0 N–H and O–H groups in total. The highest BCUT2D eigenvalue weighted by atomic mass is 35.5. The Morgan fingerprint density at radius 2 is 1.61 bits per heavy atom. The smallest absolute Gasteiger partial charge is 0.340 e. The Morgan fingerprint density at radius 3 is 2.28 bits per heavy atom. The summed E-state index contributed by atoms with van der Waals surface area (Å²) in [6, 6.07) is 13.1. The van der Waals surface area contributed by atoms with Crippen molar-refractivity contribution in [2.24, 2.45) is 0 Å². The van der Waals surface area contributed by atoms with Gasteiger partial charge in [-0.05, 0) is 30.7 Å². The third-order valence-electron chi connectivity index (χ3n) is 2.40. The summed E-state index contributed by atoms with van der Waals surface area (Å²) in [5, 5.41) is 0.145. The second-order valence-electron chi connectivity index (χ2n) is 3.73. The molecule has 0 bridgehead atoms. The first-order valence-corrected chi connectivity index (χ1v) is 7.04. The zero-order valence-electron chi connectivity index (χ0n) is 9.63. The molecule has 0 unspecified atom stereocenters. The molecule has 94 valence electrons. The number of hydrogen-bond acceptors (Lipinski definition) is 3. The summed E-state index contributed by atoms with van der Waals surface area (Å²) in [6.45, 7) is 1.78. The molecule has 0 aliphatic heterocycles. The van der Waals surface area contributed by atoms with Crippen molar-refractivity contribution < 1.29 is 12.6 Å². The van der Waals surface area contributed by atoms with Gasteiger partial charge in [0, 0.05) is 0 Å². The van der Waals surface area contributed by atoms with E-state index in [2.05, 4.69) is 0 Å². The predicted octanol–water partition coefficient (Wildman–Crippen LogP) is 3.42. The van der Waals surface area contributed by atoms with Gasteiger partial charge in [-0.15, -0.1) is 0 Å². The molecule has 0 heterocycles. The first-order chi connectivity index (χ1) is 8.50. The molecule has 18 heavy (non-hydrogen) atoms. The largest absolute Gasteiger partial charge is 0.379 e. The van der Waals surface area contributed by atoms with Gasteiger partial charge >= 0.3 is 10.1 Å². The Balaban J connectivity index is 2.40. The zero-order chi connectivity index (χ0) is 13.2. The first-order valence-electron chi connectivity index (χ1n) is 5.25. The van der Waals surface area contributed by atoms with Crippen LogP contribution in [0.1, 0.15) is 5.56 Å². The molecule has 0 amide bonds. The Hall–Kier alpha value is -1.52. The highest BCUT2D eigenvalue weighted by molar-refractivity contribution is 7.87. The fourth-order valence-electron chi connectivity index (χ4n) is 1.46. The topological polar surface area (TPSA) is 43.4 Å². The Morgan fingerprint density at radius 1 is 1.00 bits per heavy atom. The summed E-state index contributed by atoms with van der Waals surface area (Å²) in [5.74, 6) is 0.303. The first kappa shape index (κ1) is 12.9. The predicted molar refractivity (Wildman–Crippen MR) is 70.4 cm³/mol. The Bertz CT molecular complexity index is 665. The van der Waals surface area contributed by atoms with E-state index in [-0.39, 0.29) is 9.92 Å². The molecule has 5 heteroatoms. The number of para-hydroxylation sites is 1. The minimum absolute atomic E-state index is 0.0325. The molecular weight excluding hydrogens is 272 g/mol. The van der Waals surface area contributed by atoms with Crippen molar-refractivity contribution in [2.75, 3.05) is 0 Å². The van der Waals surface area contributed by atoms with Gasteiger partial charge in [-0.2, -0.15) is 8.42 Å². The van der Waals surface area contributed by atoms with Gasteiger partial charge in [0.15, 0.2) is 0 Å². The lowest BCUT2D eigenvalue weighted by atomic mass is 10.2. The van der Waals surface area contributed by atoms with Gasteiger partial charge < -0.3 is 4.18 Å². The average Bonchev–Trinajstić information content (AvgIpc) is 2.32. The normalized spacial score (nSPS) is 11.2.